The summed E-state index contributed by atoms with van der Waals surface area (Å²) in [6.45, 7) is 4.32. The number of carbonyl (C=O) groups is 2. The van der Waals surface area contributed by atoms with Gasteiger partial charge in [0, 0.05) is 13.6 Å². The summed E-state index contributed by atoms with van der Waals surface area (Å²) in [6.07, 6.45) is 0.828. The van der Waals surface area contributed by atoms with Crippen LogP contribution in [0, 0.1) is 6.92 Å². The number of hydrogen-bond donors (Lipinski definition) is 2. The minimum Gasteiger partial charge on any atom is -0.338 e. The van der Waals surface area contributed by atoms with Crippen molar-refractivity contribution in [3.05, 3.63) is 5.82 Å². The van der Waals surface area contributed by atoms with E-state index in [4.69, 9.17) is 0 Å². The van der Waals surface area contributed by atoms with Crippen LogP contribution in [0.4, 0.5) is 4.79 Å². The molecule has 0 saturated carbocycles. The van der Waals surface area contributed by atoms with Crippen molar-refractivity contribution >= 4 is 23.7 Å². The van der Waals surface area contributed by atoms with Gasteiger partial charge in [0.25, 0.3) is 0 Å². The van der Waals surface area contributed by atoms with E-state index < -0.39 is 6.03 Å². The molecule has 1 rings (SSSR count). The normalized spacial score (nSPS) is 10.2. The maximum atomic E-state index is 11.5. The van der Waals surface area contributed by atoms with Gasteiger partial charge in [0.05, 0.1) is 5.75 Å². The number of nitrogens with zero attached hydrogens (tertiary/aromatic N) is 3. The highest BCUT2D eigenvalue weighted by atomic mass is 32.2. The molecular weight excluding hydrogens is 254 g/mol. The van der Waals surface area contributed by atoms with E-state index in [0.29, 0.717) is 11.7 Å². The summed E-state index contributed by atoms with van der Waals surface area (Å²) in [7, 11) is 1.82. The number of rotatable bonds is 5. The third-order valence-electron chi connectivity index (χ3n) is 2.17. The van der Waals surface area contributed by atoms with E-state index in [1.54, 1.807) is 4.57 Å². The molecule has 8 heteroatoms. The van der Waals surface area contributed by atoms with Gasteiger partial charge >= 0.3 is 6.03 Å². The Morgan fingerprint density at radius 3 is 2.67 bits per heavy atom. The quantitative estimate of drug-likeness (QED) is 0.759. The summed E-state index contributed by atoms with van der Waals surface area (Å²) in [4.78, 5) is 22.7. The van der Waals surface area contributed by atoms with Gasteiger partial charge in [-0.1, -0.05) is 18.7 Å². The Bertz CT molecular complexity index is 432. The molecule has 0 spiro atoms. The van der Waals surface area contributed by atoms with Crippen LogP contribution >= 0.6 is 11.8 Å². The highest BCUT2D eigenvalue weighted by Gasteiger charge is 2.11. The number of thioether (sulfide) groups is 1. The zero-order valence-electron chi connectivity index (χ0n) is 10.7. The van der Waals surface area contributed by atoms with E-state index >= 15 is 0 Å². The highest BCUT2D eigenvalue weighted by molar-refractivity contribution is 7.99. The average molecular weight is 271 g/mol. The van der Waals surface area contributed by atoms with Crippen molar-refractivity contribution in [2.24, 2.45) is 7.05 Å². The molecule has 3 amide bonds. The SMILES string of the molecule is CCCNC(=O)NC(=O)CSc1nnc(C)n1C. The molecule has 100 valence electrons. The lowest BCUT2D eigenvalue weighted by Crippen LogP contribution is -2.40. The van der Waals surface area contributed by atoms with Gasteiger partial charge in [-0.25, -0.2) is 4.79 Å². The maximum absolute atomic E-state index is 11.5. The lowest BCUT2D eigenvalue weighted by molar-refractivity contribution is -0.117. The molecule has 0 aliphatic heterocycles. The third-order valence-corrected chi connectivity index (χ3v) is 3.19. The van der Waals surface area contributed by atoms with Gasteiger partial charge in [-0.05, 0) is 13.3 Å². The molecule has 18 heavy (non-hydrogen) atoms. The van der Waals surface area contributed by atoms with Crippen molar-refractivity contribution in [2.45, 2.75) is 25.4 Å². The zero-order chi connectivity index (χ0) is 13.5. The molecule has 2 N–H and O–H groups in total. The second kappa shape index (κ2) is 7.00. The number of amides is 3. The number of nitrogens with one attached hydrogen (secondary N) is 2. The Balaban J connectivity index is 2.33. The number of imide groups is 1. The van der Waals surface area contributed by atoms with E-state index in [1.165, 1.54) is 11.8 Å². The van der Waals surface area contributed by atoms with E-state index in [0.717, 1.165) is 12.2 Å². The van der Waals surface area contributed by atoms with E-state index in [-0.39, 0.29) is 11.7 Å². The number of aromatic nitrogens is 3. The lowest BCUT2D eigenvalue weighted by atomic mass is 10.5. The average Bonchev–Trinajstić information content (AvgIpc) is 2.65. The topological polar surface area (TPSA) is 88.9 Å². The first kappa shape index (κ1) is 14.5. The Morgan fingerprint density at radius 2 is 2.11 bits per heavy atom. The summed E-state index contributed by atoms with van der Waals surface area (Å²) in [5.74, 6) is 0.554. The van der Waals surface area contributed by atoms with Crippen LogP contribution in [0.25, 0.3) is 0 Å². The van der Waals surface area contributed by atoms with Gasteiger partial charge in [0.15, 0.2) is 5.16 Å². The summed E-state index contributed by atoms with van der Waals surface area (Å²) < 4.78 is 1.79. The van der Waals surface area contributed by atoms with Crippen LogP contribution in [0.1, 0.15) is 19.2 Å². The molecule has 0 radical (unpaired) electrons. The first-order valence-corrected chi connectivity index (χ1v) is 6.59. The predicted molar refractivity (Wildman–Crippen MR) is 68.3 cm³/mol. The minimum absolute atomic E-state index is 0.130. The smallest absolute Gasteiger partial charge is 0.321 e. The molecule has 7 nitrogen and oxygen atoms in total. The van der Waals surface area contributed by atoms with Crippen LogP contribution in [0.15, 0.2) is 5.16 Å². The summed E-state index contributed by atoms with van der Waals surface area (Å²) in [5, 5.41) is 13.2. The van der Waals surface area contributed by atoms with Crippen molar-refractivity contribution in [1.82, 2.24) is 25.4 Å². The molecule has 0 aliphatic carbocycles. The Morgan fingerprint density at radius 1 is 1.39 bits per heavy atom. The number of urea groups is 1. The molecular formula is C10H17N5O2S. The van der Waals surface area contributed by atoms with Gasteiger partial charge in [0.1, 0.15) is 5.82 Å². The maximum Gasteiger partial charge on any atom is 0.321 e. The van der Waals surface area contributed by atoms with E-state index in [2.05, 4.69) is 20.8 Å². The summed E-state index contributed by atoms with van der Waals surface area (Å²) in [6, 6.07) is -0.461. The highest BCUT2D eigenvalue weighted by Crippen LogP contribution is 2.14. The molecule has 0 aliphatic rings. The third kappa shape index (κ3) is 4.36. The second-order valence-corrected chi connectivity index (χ2v) is 4.62. The fraction of sp³-hybridized carbons (Fsp3) is 0.600. The largest absolute Gasteiger partial charge is 0.338 e. The molecule has 0 aromatic carbocycles. The van der Waals surface area contributed by atoms with Crippen molar-refractivity contribution in [3.63, 3.8) is 0 Å². The van der Waals surface area contributed by atoms with Crippen LogP contribution in [0.5, 0.6) is 0 Å². The summed E-state index contributed by atoms with van der Waals surface area (Å²) in [5.41, 5.74) is 0. The van der Waals surface area contributed by atoms with Crippen LogP contribution in [-0.4, -0.2) is 39.0 Å². The Labute approximate surface area is 110 Å². The fourth-order valence-corrected chi connectivity index (χ4v) is 1.85. The van der Waals surface area contributed by atoms with Crippen LogP contribution in [0.2, 0.25) is 0 Å². The minimum atomic E-state index is -0.461. The number of hydrogen-bond acceptors (Lipinski definition) is 5. The van der Waals surface area contributed by atoms with E-state index in [9.17, 15) is 9.59 Å². The first-order valence-electron chi connectivity index (χ1n) is 5.61. The van der Waals surface area contributed by atoms with E-state index in [1.807, 2.05) is 20.9 Å². The van der Waals surface area contributed by atoms with Crippen LogP contribution in [-0.2, 0) is 11.8 Å². The molecule has 1 aromatic rings. The van der Waals surface area contributed by atoms with Crippen molar-refractivity contribution in [1.29, 1.82) is 0 Å². The Kier molecular flexibility index (Phi) is 5.63. The summed E-state index contributed by atoms with van der Waals surface area (Å²) >= 11 is 1.24. The molecule has 0 fully saturated rings. The zero-order valence-corrected chi connectivity index (χ0v) is 11.5. The van der Waals surface area contributed by atoms with Crippen LogP contribution < -0.4 is 10.6 Å². The predicted octanol–water partition coefficient (Wildman–Crippen LogP) is 0.451. The molecule has 1 aromatic heterocycles. The van der Waals surface area contributed by atoms with Crippen LogP contribution in [0.3, 0.4) is 0 Å². The van der Waals surface area contributed by atoms with Gasteiger partial charge in [-0.3, -0.25) is 10.1 Å². The van der Waals surface area contributed by atoms with Crippen molar-refractivity contribution in [2.75, 3.05) is 12.3 Å². The molecule has 0 atom stereocenters. The second-order valence-electron chi connectivity index (χ2n) is 3.68. The molecule has 0 bridgehead atoms. The number of carbonyl (C=O) groups excluding carboxylic acids is 2. The van der Waals surface area contributed by atoms with Gasteiger partial charge < -0.3 is 9.88 Å². The number of aryl methyl sites for hydroxylation is 1. The van der Waals surface area contributed by atoms with Crippen molar-refractivity contribution in [3.8, 4) is 0 Å². The van der Waals surface area contributed by atoms with Gasteiger partial charge in [-0.15, -0.1) is 10.2 Å². The monoisotopic (exact) mass is 271 g/mol. The first-order chi connectivity index (χ1) is 8.54. The van der Waals surface area contributed by atoms with Gasteiger partial charge in [0.2, 0.25) is 5.91 Å². The molecule has 1 heterocycles. The fourth-order valence-electron chi connectivity index (χ4n) is 1.09. The standard InChI is InChI=1S/C10H17N5O2S/c1-4-5-11-9(17)12-8(16)6-18-10-14-13-7(2)15(10)3/h4-6H2,1-3H3,(H2,11,12,16,17). The molecule has 0 unspecified atom stereocenters. The molecule has 0 saturated heterocycles. The Hall–Kier alpha value is -1.57. The van der Waals surface area contributed by atoms with Crippen molar-refractivity contribution < 1.29 is 9.59 Å². The van der Waals surface area contributed by atoms with Gasteiger partial charge in [-0.2, -0.15) is 0 Å². The lowest BCUT2D eigenvalue weighted by Gasteiger charge is -2.05.